The summed E-state index contributed by atoms with van der Waals surface area (Å²) in [6.45, 7) is 2.04. The molecule has 1 atom stereocenters. The van der Waals surface area contributed by atoms with Crippen LogP contribution in [0.4, 0.5) is 19.0 Å². The number of hydrogen-bond donors (Lipinski definition) is 1. The minimum absolute atomic E-state index is 0.0792. The van der Waals surface area contributed by atoms with Crippen molar-refractivity contribution in [3.8, 4) is 5.82 Å². The Balaban J connectivity index is 1.78. The van der Waals surface area contributed by atoms with E-state index in [1.165, 1.54) is 6.20 Å². The molecule has 1 unspecified atom stereocenters. The number of pyridine rings is 2. The normalized spacial score (nSPS) is 12.6. The lowest BCUT2D eigenvalue weighted by Crippen LogP contribution is -2.12. The van der Waals surface area contributed by atoms with Crippen LogP contribution >= 0.6 is 0 Å². The number of rotatable bonds is 7. The molecule has 0 spiro atoms. The average Bonchev–Trinajstić information content (AvgIpc) is 3.19. The fourth-order valence-corrected chi connectivity index (χ4v) is 2.68. The van der Waals surface area contributed by atoms with E-state index in [0.29, 0.717) is 17.2 Å². The Morgan fingerprint density at radius 1 is 1.14 bits per heavy atom. The molecule has 6 nitrogen and oxygen atoms in total. The van der Waals surface area contributed by atoms with Gasteiger partial charge in [0.15, 0.2) is 12.1 Å². The van der Waals surface area contributed by atoms with Gasteiger partial charge in [0.05, 0.1) is 17.8 Å². The number of alkyl halides is 3. The molecule has 0 fully saturated rings. The van der Waals surface area contributed by atoms with Crippen molar-refractivity contribution in [2.75, 3.05) is 5.32 Å². The van der Waals surface area contributed by atoms with E-state index in [2.05, 4.69) is 20.4 Å². The second-order valence-electron chi connectivity index (χ2n) is 6.20. The Morgan fingerprint density at radius 2 is 1.96 bits per heavy atom. The van der Waals surface area contributed by atoms with Crippen molar-refractivity contribution < 1.29 is 18.0 Å². The van der Waals surface area contributed by atoms with Crippen LogP contribution in [0, 0.1) is 0 Å². The van der Waals surface area contributed by atoms with Crippen LogP contribution in [-0.2, 0) is 6.18 Å². The van der Waals surface area contributed by atoms with Crippen LogP contribution < -0.4 is 5.32 Å². The Morgan fingerprint density at radius 3 is 2.50 bits per heavy atom. The maximum Gasteiger partial charge on any atom is 0.419 e. The summed E-state index contributed by atoms with van der Waals surface area (Å²) in [5, 5.41) is 7.02. The molecule has 146 valence electrons. The number of aldehydes is 1. The Hall–Kier alpha value is -3.23. The van der Waals surface area contributed by atoms with Gasteiger partial charge in [0.1, 0.15) is 5.82 Å². The van der Waals surface area contributed by atoms with Gasteiger partial charge in [-0.25, -0.2) is 14.6 Å². The fourth-order valence-electron chi connectivity index (χ4n) is 2.68. The van der Waals surface area contributed by atoms with Crippen molar-refractivity contribution in [2.24, 2.45) is 0 Å². The first-order valence-electron chi connectivity index (χ1n) is 8.66. The number of nitrogens with zero attached hydrogens (tertiary/aromatic N) is 4. The van der Waals surface area contributed by atoms with Crippen molar-refractivity contribution in [3.63, 3.8) is 0 Å². The van der Waals surface area contributed by atoms with E-state index >= 15 is 0 Å². The quantitative estimate of drug-likeness (QED) is 0.605. The monoisotopic (exact) mass is 389 g/mol. The number of carbonyl (C=O) groups excluding carboxylic acids is 1. The summed E-state index contributed by atoms with van der Waals surface area (Å²) < 4.78 is 39.2. The van der Waals surface area contributed by atoms with Gasteiger partial charge in [-0.15, -0.1) is 0 Å². The number of aromatic nitrogens is 4. The largest absolute Gasteiger partial charge is 0.419 e. The van der Waals surface area contributed by atoms with Crippen molar-refractivity contribution in [2.45, 2.75) is 32.0 Å². The van der Waals surface area contributed by atoms with E-state index in [1.54, 1.807) is 30.5 Å². The molecule has 0 amide bonds. The molecule has 0 radical (unpaired) electrons. The molecule has 1 N–H and O–H groups in total. The third-order valence-corrected chi connectivity index (χ3v) is 4.14. The predicted molar refractivity (Wildman–Crippen MR) is 97.3 cm³/mol. The number of carbonyl (C=O) groups is 1. The van der Waals surface area contributed by atoms with Crippen LogP contribution in [0.3, 0.4) is 0 Å². The highest BCUT2D eigenvalue weighted by Gasteiger charge is 2.32. The van der Waals surface area contributed by atoms with Crippen molar-refractivity contribution in [3.05, 3.63) is 65.7 Å². The topological polar surface area (TPSA) is 72.7 Å². The molecule has 28 heavy (non-hydrogen) atoms. The Bertz CT molecular complexity index is 920. The van der Waals surface area contributed by atoms with E-state index in [1.807, 2.05) is 6.92 Å². The third-order valence-electron chi connectivity index (χ3n) is 4.14. The lowest BCUT2D eigenvalue weighted by molar-refractivity contribution is -0.137. The summed E-state index contributed by atoms with van der Waals surface area (Å²) in [4.78, 5) is 19.2. The zero-order chi connectivity index (χ0) is 20.1. The van der Waals surface area contributed by atoms with Gasteiger partial charge in [-0.3, -0.25) is 4.79 Å². The first-order chi connectivity index (χ1) is 13.4. The molecule has 0 bridgehead atoms. The maximum absolute atomic E-state index is 12.7. The van der Waals surface area contributed by atoms with Gasteiger partial charge in [-0.2, -0.15) is 18.3 Å². The predicted octanol–water partition coefficient (Wildman–Crippen LogP) is 4.45. The van der Waals surface area contributed by atoms with Gasteiger partial charge in [0, 0.05) is 24.2 Å². The zero-order valence-corrected chi connectivity index (χ0v) is 15.0. The second-order valence-corrected chi connectivity index (χ2v) is 6.20. The van der Waals surface area contributed by atoms with Crippen molar-refractivity contribution in [1.29, 1.82) is 0 Å². The molecule has 0 saturated carbocycles. The van der Waals surface area contributed by atoms with Gasteiger partial charge < -0.3 is 5.32 Å². The Kier molecular flexibility index (Phi) is 5.72. The summed E-state index contributed by atoms with van der Waals surface area (Å²) >= 11 is 0. The fraction of sp³-hybridized carbons (Fsp3) is 0.263. The molecule has 0 aromatic carbocycles. The van der Waals surface area contributed by atoms with Gasteiger partial charge in [-0.05, 0) is 30.2 Å². The van der Waals surface area contributed by atoms with E-state index in [9.17, 15) is 18.0 Å². The van der Waals surface area contributed by atoms with Gasteiger partial charge in [-0.1, -0.05) is 19.4 Å². The second kappa shape index (κ2) is 8.20. The highest BCUT2D eigenvalue weighted by atomic mass is 19.4. The van der Waals surface area contributed by atoms with Crippen LogP contribution in [-0.4, -0.2) is 26.0 Å². The molecular formula is C19H18F3N5O. The number of halogens is 3. The van der Waals surface area contributed by atoms with Gasteiger partial charge in [0.25, 0.3) is 0 Å². The smallest absolute Gasteiger partial charge is 0.363 e. The molecule has 3 aromatic rings. The molecular weight excluding hydrogens is 371 g/mol. The third kappa shape index (κ3) is 4.54. The summed E-state index contributed by atoms with van der Waals surface area (Å²) in [6.07, 6.45) is 2.75. The highest BCUT2D eigenvalue weighted by Crippen LogP contribution is 2.29. The molecule has 0 aliphatic heterocycles. The Labute approximate surface area is 159 Å². The minimum atomic E-state index is -4.44. The van der Waals surface area contributed by atoms with Crippen molar-refractivity contribution >= 4 is 12.1 Å². The maximum atomic E-state index is 12.7. The van der Waals surface area contributed by atoms with Crippen LogP contribution in [0.1, 0.15) is 47.3 Å². The van der Waals surface area contributed by atoms with Crippen LogP contribution in [0.25, 0.3) is 5.82 Å². The average molecular weight is 389 g/mol. The molecule has 3 heterocycles. The lowest BCUT2D eigenvalue weighted by atomic mass is 10.0. The molecule has 0 aliphatic rings. The zero-order valence-electron chi connectivity index (χ0n) is 15.0. The lowest BCUT2D eigenvalue weighted by Gasteiger charge is -2.19. The van der Waals surface area contributed by atoms with Crippen LogP contribution in [0.15, 0.2) is 49.1 Å². The number of nitrogens with one attached hydrogen (secondary N) is 1. The standard InChI is InChI=1S/C19H18F3N5O/c1-2-3-16(26-17-6-4-13(12-28)8-23-17)14-5-7-18(24-9-14)27-11-15(10-25-27)19(20,21)22/h4-12,16H,2-3H2,1H3,(H,23,26). The molecule has 0 aliphatic carbocycles. The van der Waals surface area contributed by atoms with Gasteiger partial charge in [0.2, 0.25) is 0 Å². The van der Waals surface area contributed by atoms with E-state index in [0.717, 1.165) is 41.8 Å². The summed E-state index contributed by atoms with van der Waals surface area (Å²) in [5.41, 5.74) is 0.532. The molecule has 9 heteroatoms. The highest BCUT2D eigenvalue weighted by molar-refractivity contribution is 5.74. The van der Waals surface area contributed by atoms with Gasteiger partial charge >= 0.3 is 6.18 Å². The summed E-state index contributed by atoms with van der Waals surface area (Å²) in [5.74, 6) is 0.915. The first kappa shape index (κ1) is 19.5. The number of hydrogen-bond acceptors (Lipinski definition) is 5. The summed E-state index contributed by atoms with van der Waals surface area (Å²) in [6, 6.07) is 6.73. The first-order valence-corrected chi connectivity index (χ1v) is 8.66. The van der Waals surface area contributed by atoms with E-state index in [-0.39, 0.29) is 6.04 Å². The molecule has 3 rings (SSSR count). The minimum Gasteiger partial charge on any atom is -0.363 e. The van der Waals surface area contributed by atoms with Crippen LogP contribution in [0.5, 0.6) is 0 Å². The molecule has 0 saturated heterocycles. The van der Waals surface area contributed by atoms with E-state index in [4.69, 9.17) is 0 Å². The summed E-state index contributed by atoms with van der Waals surface area (Å²) in [7, 11) is 0. The molecule has 3 aromatic heterocycles. The van der Waals surface area contributed by atoms with E-state index < -0.39 is 11.7 Å². The van der Waals surface area contributed by atoms with Crippen molar-refractivity contribution in [1.82, 2.24) is 19.7 Å². The number of anilines is 1. The van der Waals surface area contributed by atoms with Crippen LogP contribution in [0.2, 0.25) is 0 Å². The SMILES string of the molecule is CCCC(Nc1ccc(C=O)cn1)c1ccc(-n2cc(C(F)(F)F)cn2)nc1.